The topological polar surface area (TPSA) is 43.6 Å². The maximum Gasteiger partial charge on any atom is 0.131 e. The summed E-state index contributed by atoms with van der Waals surface area (Å²) in [6.07, 6.45) is 1.73. The average molecular weight is 881 g/mol. The number of hydrogen-bond acceptors (Lipinski definition) is 2. The third-order valence-corrected chi connectivity index (χ3v) is 8.94. The third-order valence-electron chi connectivity index (χ3n) is 8.94. The fourth-order valence-corrected chi connectivity index (χ4v) is 6.04. The Balaban J connectivity index is 0.000000434. The van der Waals surface area contributed by atoms with Gasteiger partial charge in [0.1, 0.15) is 11.5 Å². The Morgan fingerprint density at radius 1 is 0.630 bits per heavy atom. The van der Waals surface area contributed by atoms with E-state index in [2.05, 4.69) is 79.7 Å². The van der Waals surface area contributed by atoms with Gasteiger partial charge < -0.3 is 15.2 Å². The third kappa shape index (κ3) is 13.0. The summed E-state index contributed by atoms with van der Waals surface area (Å²) < 4.78 is 6.33. The van der Waals surface area contributed by atoms with Gasteiger partial charge >= 0.3 is 0 Å². The molecule has 6 rings (SSSR count). The number of phenols is 1. The molecule has 0 fully saturated rings. The number of aromatic hydroxyl groups is 1. The van der Waals surface area contributed by atoms with Crippen molar-refractivity contribution in [3.8, 4) is 33.8 Å². The minimum absolute atomic E-state index is 0. The predicted molar refractivity (Wildman–Crippen MR) is 228 cm³/mol. The monoisotopic (exact) mass is 882 g/mol. The Labute approximate surface area is 344 Å². The first-order valence-electron chi connectivity index (χ1n) is 18.8. The number of benzene rings is 6. The summed E-state index contributed by atoms with van der Waals surface area (Å²) in [6, 6.07) is 46.5. The van der Waals surface area contributed by atoms with E-state index in [1.807, 2.05) is 115 Å². The number of aryl methyl sites for hydroxylation is 2. The van der Waals surface area contributed by atoms with Crippen molar-refractivity contribution in [3.05, 3.63) is 192 Å². The summed E-state index contributed by atoms with van der Waals surface area (Å²) in [4.78, 5) is 0. The van der Waals surface area contributed by atoms with Crippen molar-refractivity contribution in [2.45, 2.75) is 66.2 Å². The molecule has 6 aromatic carbocycles. The number of ether oxygens (including phenoxy) is 1. The van der Waals surface area contributed by atoms with E-state index in [1.165, 1.54) is 22.3 Å². The molecule has 6 aromatic rings. The van der Waals surface area contributed by atoms with Gasteiger partial charge in [-0.3, -0.25) is 0 Å². The van der Waals surface area contributed by atoms with Crippen LogP contribution in [0.25, 0.3) is 27.6 Å². The summed E-state index contributed by atoms with van der Waals surface area (Å²) in [5, 5.41) is 16.4. The summed E-state index contributed by atoms with van der Waals surface area (Å²) in [6.45, 7) is 22.0. The Kier molecular flexibility index (Phi) is 18.2. The van der Waals surface area contributed by atoms with E-state index in [0.717, 1.165) is 57.7 Å². The van der Waals surface area contributed by atoms with Crippen LogP contribution in [-0.4, -0.2) is 18.3 Å². The van der Waals surface area contributed by atoms with Gasteiger partial charge in [-0.15, -0.1) is 36.5 Å². The van der Waals surface area contributed by atoms with Crippen molar-refractivity contribution in [3.63, 3.8) is 0 Å². The minimum atomic E-state index is 0. The van der Waals surface area contributed by atoms with E-state index < -0.39 is 0 Å². The molecular weight excluding hydrogens is 825 g/mol. The Bertz CT molecular complexity index is 1910. The van der Waals surface area contributed by atoms with Crippen LogP contribution in [0.5, 0.6) is 11.5 Å². The molecule has 0 aromatic heterocycles. The van der Waals surface area contributed by atoms with Gasteiger partial charge in [0, 0.05) is 42.5 Å². The van der Waals surface area contributed by atoms with Gasteiger partial charge in [0.05, 0.1) is 6.61 Å². The molecule has 3 nitrogen and oxygen atoms in total. The van der Waals surface area contributed by atoms with Crippen LogP contribution in [0, 0.1) is 20.8 Å². The standard InChI is InChI=1S/C36H42NO2.2C7H7.Hf/c1-7-27-17-18-34(33(23-27)30-16-11-15-29(36(30)38)28-13-9-8-10-14-28)39-20-12-19-37-35-31(24(2)3)21-26(6)22-32(35)25(4)5;2*1-7-5-3-2-4-6-7;/h8-11,13-18,21-25,38H,7,12,19-20H2,1-6H3;2*2-6H,1H2;/q3*-1;. The molecule has 1 N–H and O–H groups in total. The molecule has 4 heteroatoms. The maximum absolute atomic E-state index is 11.3. The quantitative estimate of drug-likeness (QED) is 0.0800. The van der Waals surface area contributed by atoms with Crippen molar-refractivity contribution in [1.82, 2.24) is 0 Å². The molecule has 0 unspecified atom stereocenters. The molecule has 0 bridgehead atoms. The van der Waals surface area contributed by atoms with Gasteiger partial charge in [0.25, 0.3) is 0 Å². The molecule has 0 aliphatic heterocycles. The van der Waals surface area contributed by atoms with E-state index >= 15 is 0 Å². The molecule has 0 heterocycles. The van der Waals surface area contributed by atoms with Gasteiger partial charge in [-0.05, 0) is 54.9 Å². The molecule has 0 saturated heterocycles. The molecule has 0 aliphatic carbocycles. The zero-order chi connectivity index (χ0) is 38.2. The van der Waals surface area contributed by atoms with E-state index in [1.54, 1.807) is 0 Å². The fraction of sp³-hybridized carbons (Fsp3) is 0.240. The second kappa shape index (κ2) is 22.5. The molecule has 54 heavy (non-hydrogen) atoms. The van der Waals surface area contributed by atoms with Gasteiger partial charge in [-0.1, -0.05) is 130 Å². The largest absolute Gasteiger partial charge is 0.684 e. The number of rotatable bonds is 11. The predicted octanol–water partition coefficient (Wildman–Crippen LogP) is 14.1. The van der Waals surface area contributed by atoms with E-state index in [0.29, 0.717) is 25.0 Å². The fourth-order valence-electron chi connectivity index (χ4n) is 6.04. The van der Waals surface area contributed by atoms with Gasteiger partial charge in [0.2, 0.25) is 0 Å². The normalized spacial score (nSPS) is 10.4. The van der Waals surface area contributed by atoms with Crippen molar-refractivity contribution in [2.75, 3.05) is 13.2 Å². The van der Waals surface area contributed by atoms with Crippen molar-refractivity contribution >= 4 is 5.69 Å². The zero-order valence-electron chi connectivity index (χ0n) is 33.0. The van der Waals surface area contributed by atoms with Crippen LogP contribution in [0.15, 0.2) is 140 Å². The van der Waals surface area contributed by atoms with Crippen LogP contribution in [0.4, 0.5) is 5.69 Å². The van der Waals surface area contributed by atoms with Gasteiger partial charge in [-0.2, -0.15) is 49.2 Å². The SMILES string of the molecule is CCc1ccc(OCCC[N-]c2c(C(C)C)cc(C)cc2C(C)C)c(-c2cccc(-c3ccccc3)c2O)c1.[CH2-]c1ccccc1.[CH2-]c1ccccc1.[Hf]. The average Bonchev–Trinajstić information content (AvgIpc) is 3.16. The first-order valence-corrected chi connectivity index (χ1v) is 18.8. The van der Waals surface area contributed by atoms with Crippen LogP contribution in [0.1, 0.15) is 86.3 Å². The summed E-state index contributed by atoms with van der Waals surface area (Å²) >= 11 is 0. The maximum atomic E-state index is 11.3. The van der Waals surface area contributed by atoms with Crippen LogP contribution < -0.4 is 4.74 Å². The molecule has 0 amide bonds. The molecule has 0 atom stereocenters. The Morgan fingerprint density at radius 3 is 1.63 bits per heavy atom. The number of nitrogens with zero attached hydrogens (tertiary/aromatic N) is 1. The van der Waals surface area contributed by atoms with E-state index in [-0.39, 0.29) is 31.6 Å². The minimum Gasteiger partial charge on any atom is -0.684 e. The summed E-state index contributed by atoms with van der Waals surface area (Å²) in [7, 11) is 0. The smallest absolute Gasteiger partial charge is 0.131 e. The van der Waals surface area contributed by atoms with Crippen LogP contribution in [-0.2, 0) is 32.3 Å². The molecule has 0 saturated carbocycles. The molecule has 0 spiro atoms. The zero-order valence-corrected chi connectivity index (χ0v) is 36.6. The molecule has 280 valence electrons. The number of phenolic OH excluding ortho intramolecular Hbond substituents is 1. The van der Waals surface area contributed by atoms with Gasteiger partial charge in [-0.25, -0.2) is 0 Å². The second-order valence-electron chi connectivity index (χ2n) is 13.9. The van der Waals surface area contributed by atoms with E-state index in [4.69, 9.17) is 10.1 Å². The Morgan fingerprint density at radius 2 is 1.15 bits per heavy atom. The second-order valence-corrected chi connectivity index (χ2v) is 13.9. The summed E-state index contributed by atoms with van der Waals surface area (Å²) in [5.74, 6) is 1.92. The van der Waals surface area contributed by atoms with Gasteiger partial charge in [0.15, 0.2) is 0 Å². The van der Waals surface area contributed by atoms with Crippen LogP contribution in [0.3, 0.4) is 0 Å². The van der Waals surface area contributed by atoms with Crippen LogP contribution >= 0.6 is 0 Å². The van der Waals surface area contributed by atoms with Crippen molar-refractivity contribution < 1.29 is 35.7 Å². The summed E-state index contributed by atoms with van der Waals surface area (Å²) in [5.41, 5.74) is 12.0. The van der Waals surface area contributed by atoms with Crippen molar-refractivity contribution in [2.24, 2.45) is 0 Å². The molecular formula is C50H56HfNO2-3. The first kappa shape index (κ1) is 43.7. The Hall–Kier alpha value is -4.67. The number of hydrogen-bond donors (Lipinski definition) is 1. The number of para-hydroxylation sites is 1. The first-order chi connectivity index (χ1) is 25.6. The van der Waals surface area contributed by atoms with Crippen molar-refractivity contribution in [1.29, 1.82) is 0 Å². The van der Waals surface area contributed by atoms with E-state index in [9.17, 15) is 5.11 Å². The molecule has 0 radical (unpaired) electrons. The molecule has 0 aliphatic rings. The van der Waals surface area contributed by atoms with Crippen LogP contribution in [0.2, 0.25) is 0 Å².